The van der Waals surface area contributed by atoms with Gasteiger partial charge in [-0.3, -0.25) is 4.79 Å². The summed E-state index contributed by atoms with van der Waals surface area (Å²) in [6.07, 6.45) is 4.25. The van der Waals surface area contributed by atoms with Gasteiger partial charge < -0.3 is 4.90 Å². The molecule has 0 aliphatic carbocycles. The van der Waals surface area contributed by atoms with Crippen LogP contribution in [0.25, 0.3) is 4.85 Å². The van der Waals surface area contributed by atoms with Gasteiger partial charge in [0, 0.05) is 18.7 Å². The molecule has 0 spiro atoms. The lowest BCUT2D eigenvalue weighted by atomic mass is 10.1. The Bertz CT molecular complexity index is 423. The van der Waals surface area contributed by atoms with E-state index in [2.05, 4.69) is 18.7 Å². The molecule has 0 aromatic heterocycles. The molecule has 1 amide bonds. The number of hydrogen-bond donors (Lipinski definition) is 0. The van der Waals surface area contributed by atoms with E-state index in [0.29, 0.717) is 11.3 Å². The Kier molecular flexibility index (Phi) is 6.67. The monoisotopic (exact) mass is 258 g/mol. The Balaban J connectivity index is 2.75. The van der Waals surface area contributed by atoms with Gasteiger partial charge in [0.25, 0.3) is 5.91 Å². The quantitative estimate of drug-likeness (QED) is 0.670. The first-order valence-electron chi connectivity index (χ1n) is 6.99. The molecule has 3 heteroatoms. The van der Waals surface area contributed by atoms with Gasteiger partial charge in [-0.25, -0.2) is 4.85 Å². The van der Waals surface area contributed by atoms with Crippen LogP contribution in [0.5, 0.6) is 0 Å². The molecular weight excluding hydrogens is 236 g/mol. The third-order valence-corrected chi connectivity index (χ3v) is 3.09. The van der Waals surface area contributed by atoms with Gasteiger partial charge in [0.05, 0.1) is 6.57 Å². The molecule has 19 heavy (non-hydrogen) atoms. The molecule has 0 aliphatic heterocycles. The number of carbonyl (C=O) groups is 1. The normalized spacial score (nSPS) is 9.95. The van der Waals surface area contributed by atoms with Gasteiger partial charge in [-0.2, -0.15) is 0 Å². The summed E-state index contributed by atoms with van der Waals surface area (Å²) < 4.78 is 0. The maximum absolute atomic E-state index is 12.4. The van der Waals surface area contributed by atoms with Crippen molar-refractivity contribution in [3.05, 3.63) is 41.2 Å². The molecule has 1 rings (SSSR count). The zero-order chi connectivity index (χ0) is 14.1. The maximum atomic E-state index is 12.4. The lowest BCUT2D eigenvalue weighted by Crippen LogP contribution is -2.32. The molecule has 0 saturated carbocycles. The molecule has 0 bridgehead atoms. The van der Waals surface area contributed by atoms with Crippen molar-refractivity contribution in [1.82, 2.24) is 4.90 Å². The van der Waals surface area contributed by atoms with Gasteiger partial charge in [0.2, 0.25) is 0 Å². The zero-order valence-electron chi connectivity index (χ0n) is 11.9. The minimum Gasteiger partial charge on any atom is -0.339 e. The summed E-state index contributed by atoms with van der Waals surface area (Å²) in [6, 6.07) is 6.91. The SMILES string of the molecule is [C-]#[N+]c1ccc(C(=O)N(CCCC)CCCC)cc1. The molecule has 1 aromatic rings. The standard InChI is InChI=1S/C16H22N2O/c1-4-6-12-18(13-7-5-2)16(19)14-8-10-15(17-3)11-9-14/h8-11H,4-7,12-13H2,1-2H3. The number of amides is 1. The van der Waals surface area contributed by atoms with Crippen LogP contribution in [0.4, 0.5) is 5.69 Å². The summed E-state index contributed by atoms with van der Waals surface area (Å²) in [5.41, 5.74) is 1.25. The van der Waals surface area contributed by atoms with Crippen LogP contribution in [0.2, 0.25) is 0 Å². The average molecular weight is 258 g/mol. The van der Waals surface area contributed by atoms with Crippen molar-refractivity contribution < 1.29 is 4.79 Å². The van der Waals surface area contributed by atoms with Crippen molar-refractivity contribution in [2.75, 3.05) is 13.1 Å². The molecule has 0 unspecified atom stereocenters. The molecule has 0 heterocycles. The smallest absolute Gasteiger partial charge is 0.253 e. The fraction of sp³-hybridized carbons (Fsp3) is 0.500. The van der Waals surface area contributed by atoms with E-state index in [1.54, 1.807) is 24.3 Å². The Morgan fingerprint density at radius 1 is 1.11 bits per heavy atom. The van der Waals surface area contributed by atoms with E-state index in [1.807, 2.05) is 4.90 Å². The summed E-state index contributed by atoms with van der Waals surface area (Å²) in [6.45, 7) is 12.8. The minimum atomic E-state index is 0.0819. The lowest BCUT2D eigenvalue weighted by Gasteiger charge is -2.22. The van der Waals surface area contributed by atoms with Crippen LogP contribution in [0.15, 0.2) is 24.3 Å². The van der Waals surface area contributed by atoms with E-state index in [4.69, 9.17) is 6.57 Å². The highest BCUT2D eigenvalue weighted by molar-refractivity contribution is 5.94. The van der Waals surface area contributed by atoms with Crippen LogP contribution in [-0.4, -0.2) is 23.9 Å². The Morgan fingerprint density at radius 3 is 2.05 bits per heavy atom. The second kappa shape index (κ2) is 8.31. The third-order valence-electron chi connectivity index (χ3n) is 3.09. The van der Waals surface area contributed by atoms with Crippen molar-refractivity contribution >= 4 is 11.6 Å². The first-order chi connectivity index (χ1) is 9.22. The van der Waals surface area contributed by atoms with Gasteiger partial charge in [-0.05, 0) is 12.8 Å². The molecule has 0 aliphatic rings. The number of hydrogen-bond acceptors (Lipinski definition) is 1. The first-order valence-corrected chi connectivity index (χ1v) is 6.99. The molecule has 0 radical (unpaired) electrons. The number of benzene rings is 1. The van der Waals surface area contributed by atoms with Crippen molar-refractivity contribution in [1.29, 1.82) is 0 Å². The van der Waals surface area contributed by atoms with Gasteiger partial charge >= 0.3 is 0 Å². The predicted octanol–water partition coefficient (Wildman–Crippen LogP) is 4.28. The number of carbonyl (C=O) groups excluding carboxylic acids is 1. The highest BCUT2D eigenvalue weighted by atomic mass is 16.2. The summed E-state index contributed by atoms with van der Waals surface area (Å²) in [5.74, 6) is 0.0819. The predicted molar refractivity (Wildman–Crippen MR) is 78.4 cm³/mol. The van der Waals surface area contributed by atoms with Crippen LogP contribution in [0.1, 0.15) is 49.9 Å². The Morgan fingerprint density at radius 2 is 1.63 bits per heavy atom. The van der Waals surface area contributed by atoms with Gasteiger partial charge in [-0.1, -0.05) is 51.0 Å². The molecule has 0 atom stereocenters. The van der Waals surface area contributed by atoms with Crippen LogP contribution in [0, 0.1) is 6.57 Å². The second-order valence-electron chi connectivity index (χ2n) is 4.66. The van der Waals surface area contributed by atoms with Gasteiger partial charge in [0.15, 0.2) is 5.69 Å². The van der Waals surface area contributed by atoms with Gasteiger partial charge in [0.1, 0.15) is 0 Å². The summed E-state index contributed by atoms with van der Waals surface area (Å²) in [7, 11) is 0. The van der Waals surface area contributed by atoms with Crippen LogP contribution >= 0.6 is 0 Å². The van der Waals surface area contributed by atoms with E-state index in [1.165, 1.54) is 0 Å². The van der Waals surface area contributed by atoms with Crippen LogP contribution in [0.3, 0.4) is 0 Å². The molecule has 102 valence electrons. The topological polar surface area (TPSA) is 24.7 Å². The highest BCUT2D eigenvalue weighted by Crippen LogP contribution is 2.14. The minimum absolute atomic E-state index is 0.0819. The fourth-order valence-electron chi connectivity index (χ4n) is 1.87. The third kappa shape index (κ3) is 4.75. The number of nitrogens with zero attached hydrogens (tertiary/aromatic N) is 2. The second-order valence-corrected chi connectivity index (χ2v) is 4.66. The van der Waals surface area contributed by atoms with Crippen molar-refractivity contribution in [2.45, 2.75) is 39.5 Å². The molecule has 3 nitrogen and oxygen atoms in total. The first kappa shape index (κ1) is 15.2. The number of unbranched alkanes of at least 4 members (excludes halogenated alkanes) is 2. The van der Waals surface area contributed by atoms with E-state index < -0.39 is 0 Å². The average Bonchev–Trinajstić information content (AvgIpc) is 2.47. The summed E-state index contributed by atoms with van der Waals surface area (Å²) in [5, 5.41) is 0. The van der Waals surface area contributed by atoms with Crippen LogP contribution < -0.4 is 0 Å². The van der Waals surface area contributed by atoms with E-state index in [9.17, 15) is 4.79 Å². The van der Waals surface area contributed by atoms with E-state index in [0.717, 1.165) is 38.8 Å². The number of rotatable bonds is 7. The fourth-order valence-corrected chi connectivity index (χ4v) is 1.87. The molecule has 0 N–H and O–H groups in total. The van der Waals surface area contributed by atoms with Gasteiger partial charge in [-0.15, -0.1) is 0 Å². The van der Waals surface area contributed by atoms with Crippen molar-refractivity contribution in [3.63, 3.8) is 0 Å². The summed E-state index contributed by atoms with van der Waals surface area (Å²) in [4.78, 5) is 17.7. The van der Waals surface area contributed by atoms with Crippen molar-refractivity contribution in [2.24, 2.45) is 0 Å². The van der Waals surface area contributed by atoms with E-state index >= 15 is 0 Å². The molecular formula is C16H22N2O. The molecule has 1 aromatic carbocycles. The van der Waals surface area contributed by atoms with Crippen molar-refractivity contribution in [3.8, 4) is 0 Å². The molecule has 0 fully saturated rings. The van der Waals surface area contributed by atoms with E-state index in [-0.39, 0.29) is 5.91 Å². The molecule has 0 saturated heterocycles. The Hall–Kier alpha value is -1.82. The summed E-state index contributed by atoms with van der Waals surface area (Å²) >= 11 is 0. The van der Waals surface area contributed by atoms with Crippen LogP contribution in [-0.2, 0) is 0 Å². The lowest BCUT2D eigenvalue weighted by molar-refractivity contribution is 0.0751. The maximum Gasteiger partial charge on any atom is 0.253 e. The Labute approximate surface area is 116 Å². The zero-order valence-corrected chi connectivity index (χ0v) is 11.9. The highest BCUT2D eigenvalue weighted by Gasteiger charge is 2.14. The largest absolute Gasteiger partial charge is 0.339 e.